The zero-order valence-corrected chi connectivity index (χ0v) is 11.6. The van der Waals surface area contributed by atoms with Crippen molar-refractivity contribution < 1.29 is 4.79 Å². The van der Waals surface area contributed by atoms with Crippen molar-refractivity contribution in [2.45, 2.75) is 6.54 Å². The molecule has 2 aromatic rings. The highest BCUT2D eigenvalue weighted by Crippen LogP contribution is 2.11. The molecule has 0 unspecified atom stereocenters. The fourth-order valence-electron chi connectivity index (χ4n) is 1.92. The van der Waals surface area contributed by atoms with Crippen molar-refractivity contribution in [1.82, 2.24) is 4.90 Å². The Labute approximate surface area is 118 Å². The first-order valence-corrected chi connectivity index (χ1v) is 6.54. The smallest absolute Gasteiger partial charge is 0.176 e. The maximum Gasteiger partial charge on any atom is 0.176 e. The number of hydrogen-bond acceptors (Lipinski definition) is 2. The highest BCUT2D eigenvalue weighted by atomic mass is 35.5. The molecule has 0 aliphatic carbocycles. The standard InChI is InChI=1S/C16H16ClNO/c1-18(11-13-5-3-2-4-6-13)12-16(19)14-7-9-15(17)10-8-14/h2-10H,11-12H2,1H3. The normalized spacial score (nSPS) is 10.7. The van der Waals surface area contributed by atoms with Gasteiger partial charge in [0.05, 0.1) is 6.54 Å². The van der Waals surface area contributed by atoms with Crippen molar-refractivity contribution in [1.29, 1.82) is 0 Å². The predicted molar refractivity (Wildman–Crippen MR) is 78.6 cm³/mol. The molecule has 0 aliphatic rings. The minimum absolute atomic E-state index is 0.107. The van der Waals surface area contributed by atoms with Crippen LogP contribution in [0.2, 0.25) is 5.02 Å². The van der Waals surface area contributed by atoms with Gasteiger partial charge in [0.2, 0.25) is 0 Å². The molecule has 0 bridgehead atoms. The maximum atomic E-state index is 12.1. The molecule has 2 aromatic carbocycles. The summed E-state index contributed by atoms with van der Waals surface area (Å²) >= 11 is 5.81. The first-order valence-electron chi connectivity index (χ1n) is 6.16. The van der Waals surface area contributed by atoms with E-state index in [0.717, 1.165) is 6.54 Å². The number of ketones is 1. The molecule has 98 valence electrons. The number of Topliss-reactive ketones (excluding diaryl/α,β-unsaturated/α-hetero) is 1. The summed E-state index contributed by atoms with van der Waals surface area (Å²) < 4.78 is 0. The van der Waals surface area contributed by atoms with E-state index in [4.69, 9.17) is 11.6 Å². The molecule has 0 atom stereocenters. The molecule has 0 saturated carbocycles. The summed E-state index contributed by atoms with van der Waals surface area (Å²) in [6.07, 6.45) is 0. The second kappa shape index (κ2) is 6.50. The van der Waals surface area contributed by atoms with Crippen LogP contribution in [0, 0.1) is 0 Å². The zero-order chi connectivity index (χ0) is 13.7. The molecule has 0 heterocycles. The number of benzene rings is 2. The van der Waals surface area contributed by atoms with Crippen LogP contribution in [-0.2, 0) is 6.54 Å². The van der Waals surface area contributed by atoms with Gasteiger partial charge >= 0.3 is 0 Å². The lowest BCUT2D eigenvalue weighted by molar-refractivity contribution is 0.0943. The van der Waals surface area contributed by atoms with E-state index in [0.29, 0.717) is 17.1 Å². The van der Waals surface area contributed by atoms with E-state index in [9.17, 15) is 4.79 Å². The van der Waals surface area contributed by atoms with E-state index in [1.165, 1.54) is 5.56 Å². The summed E-state index contributed by atoms with van der Waals surface area (Å²) in [6, 6.07) is 17.1. The van der Waals surface area contributed by atoms with Gasteiger partial charge in [0.15, 0.2) is 5.78 Å². The maximum absolute atomic E-state index is 12.1. The molecule has 0 amide bonds. The Morgan fingerprint density at radius 3 is 2.32 bits per heavy atom. The predicted octanol–water partition coefficient (Wildman–Crippen LogP) is 3.65. The molecule has 0 aromatic heterocycles. The van der Waals surface area contributed by atoms with E-state index >= 15 is 0 Å². The molecule has 2 nitrogen and oxygen atoms in total. The summed E-state index contributed by atoms with van der Waals surface area (Å²) in [7, 11) is 1.95. The first-order chi connectivity index (χ1) is 9.15. The Morgan fingerprint density at radius 2 is 1.68 bits per heavy atom. The van der Waals surface area contributed by atoms with Crippen LogP contribution in [0.25, 0.3) is 0 Å². The van der Waals surface area contributed by atoms with Gasteiger partial charge in [-0.15, -0.1) is 0 Å². The summed E-state index contributed by atoms with van der Waals surface area (Å²) in [5.41, 5.74) is 1.90. The third-order valence-corrected chi connectivity index (χ3v) is 3.13. The highest BCUT2D eigenvalue weighted by molar-refractivity contribution is 6.30. The number of halogens is 1. The first kappa shape index (κ1) is 13.8. The Hall–Kier alpha value is -1.64. The second-order valence-corrected chi connectivity index (χ2v) is 5.02. The number of hydrogen-bond donors (Lipinski definition) is 0. The van der Waals surface area contributed by atoms with Gasteiger partial charge < -0.3 is 0 Å². The fourth-order valence-corrected chi connectivity index (χ4v) is 2.05. The summed E-state index contributed by atoms with van der Waals surface area (Å²) in [4.78, 5) is 14.1. The van der Waals surface area contributed by atoms with Crippen LogP contribution in [0.3, 0.4) is 0 Å². The van der Waals surface area contributed by atoms with Gasteiger partial charge in [0.1, 0.15) is 0 Å². The third kappa shape index (κ3) is 4.19. The minimum atomic E-state index is 0.107. The van der Waals surface area contributed by atoms with E-state index in [1.807, 2.05) is 30.1 Å². The molecule has 2 rings (SSSR count). The molecule has 19 heavy (non-hydrogen) atoms. The van der Waals surface area contributed by atoms with Crippen LogP contribution in [0.5, 0.6) is 0 Å². The Bertz CT molecular complexity index is 536. The van der Waals surface area contributed by atoms with Gasteiger partial charge in [-0.2, -0.15) is 0 Å². The number of rotatable bonds is 5. The van der Waals surface area contributed by atoms with Crippen LogP contribution < -0.4 is 0 Å². The van der Waals surface area contributed by atoms with Crippen molar-refractivity contribution in [2.24, 2.45) is 0 Å². The monoisotopic (exact) mass is 273 g/mol. The average molecular weight is 274 g/mol. The van der Waals surface area contributed by atoms with Gasteiger partial charge in [0, 0.05) is 17.1 Å². The molecule has 3 heteroatoms. The summed E-state index contributed by atoms with van der Waals surface area (Å²) in [6.45, 7) is 1.16. The quantitative estimate of drug-likeness (QED) is 0.775. The highest BCUT2D eigenvalue weighted by Gasteiger charge is 2.09. The average Bonchev–Trinajstić information content (AvgIpc) is 2.40. The molecule has 0 radical (unpaired) electrons. The Morgan fingerprint density at radius 1 is 1.05 bits per heavy atom. The number of carbonyl (C=O) groups excluding carboxylic acids is 1. The topological polar surface area (TPSA) is 20.3 Å². The molecule has 0 N–H and O–H groups in total. The molecular weight excluding hydrogens is 258 g/mol. The van der Waals surface area contributed by atoms with Crippen molar-refractivity contribution in [3.05, 3.63) is 70.7 Å². The number of carbonyl (C=O) groups is 1. The van der Waals surface area contributed by atoms with E-state index in [2.05, 4.69) is 12.1 Å². The van der Waals surface area contributed by atoms with E-state index < -0.39 is 0 Å². The second-order valence-electron chi connectivity index (χ2n) is 4.59. The van der Waals surface area contributed by atoms with Crippen molar-refractivity contribution in [2.75, 3.05) is 13.6 Å². The van der Waals surface area contributed by atoms with E-state index in [1.54, 1.807) is 24.3 Å². The molecule has 0 spiro atoms. The SMILES string of the molecule is CN(CC(=O)c1ccc(Cl)cc1)Cc1ccccc1. The van der Waals surface area contributed by atoms with E-state index in [-0.39, 0.29) is 5.78 Å². The molecular formula is C16H16ClNO. The molecule has 0 saturated heterocycles. The van der Waals surface area contributed by atoms with Gasteiger partial charge in [-0.3, -0.25) is 9.69 Å². The van der Waals surface area contributed by atoms with Crippen LogP contribution in [0.15, 0.2) is 54.6 Å². The van der Waals surface area contributed by atoms with Crippen LogP contribution >= 0.6 is 11.6 Å². The van der Waals surface area contributed by atoms with Crippen molar-refractivity contribution >= 4 is 17.4 Å². The van der Waals surface area contributed by atoms with Crippen molar-refractivity contribution in [3.8, 4) is 0 Å². The summed E-state index contributed by atoms with van der Waals surface area (Å²) in [5.74, 6) is 0.107. The molecule has 0 aliphatic heterocycles. The lowest BCUT2D eigenvalue weighted by Crippen LogP contribution is -2.25. The zero-order valence-electron chi connectivity index (χ0n) is 10.8. The largest absolute Gasteiger partial charge is 0.295 e. The van der Waals surface area contributed by atoms with Gasteiger partial charge in [0.25, 0.3) is 0 Å². The lowest BCUT2D eigenvalue weighted by atomic mass is 10.1. The summed E-state index contributed by atoms with van der Waals surface area (Å²) in [5, 5.41) is 0.647. The van der Waals surface area contributed by atoms with Gasteiger partial charge in [-0.1, -0.05) is 41.9 Å². The molecule has 0 fully saturated rings. The fraction of sp³-hybridized carbons (Fsp3) is 0.188. The van der Waals surface area contributed by atoms with Gasteiger partial charge in [-0.25, -0.2) is 0 Å². The Kier molecular flexibility index (Phi) is 4.72. The number of nitrogens with zero attached hydrogens (tertiary/aromatic N) is 1. The minimum Gasteiger partial charge on any atom is -0.295 e. The van der Waals surface area contributed by atoms with Crippen LogP contribution in [0.1, 0.15) is 15.9 Å². The lowest BCUT2D eigenvalue weighted by Gasteiger charge is -2.15. The van der Waals surface area contributed by atoms with Crippen molar-refractivity contribution in [3.63, 3.8) is 0 Å². The van der Waals surface area contributed by atoms with Crippen LogP contribution in [0.4, 0.5) is 0 Å². The number of likely N-dealkylation sites (N-methyl/N-ethyl adjacent to an activating group) is 1. The van der Waals surface area contributed by atoms with Crippen LogP contribution in [-0.4, -0.2) is 24.3 Å². The van der Waals surface area contributed by atoms with Gasteiger partial charge in [-0.05, 0) is 36.9 Å². The Balaban J connectivity index is 1.93. The third-order valence-electron chi connectivity index (χ3n) is 2.88.